The normalized spacial score (nSPS) is 11.9. The molecule has 0 aliphatic rings. The fraction of sp³-hybridized carbons (Fsp3) is 0.364. The first-order valence-electron chi connectivity index (χ1n) is 5.03. The number of carboxylic acids is 1. The van der Waals surface area contributed by atoms with Crippen LogP contribution >= 0.6 is 0 Å². The van der Waals surface area contributed by atoms with E-state index < -0.39 is 17.9 Å². The Morgan fingerprint density at radius 2 is 2.25 bits per heavy atom. The summed E-state index contributed by atoms with van der Waals surface area (Å²) in [4.78, 5) is 26.2. The van der Waals surface area contributed by atoms with Gasteiger partial charge in [-0.3, -0.25) is 14.6 Å². The van der Waals surface area contributed by atoms with E-state index in [9.17, 15) is 9.59 Å². The van der Waals surface area contributed by atoms with Crippen LogP contribution in [0.25, 0.3) is 0 Å². The summed E-state index contributed by atoms with van der Waals surface area (Å²) in [6.45, 7) is 3.32. The van der Waals surface area contributed by atoms with Crippen molar-refractivity contribution >= 4 is 11.9 Å². The molecule has 0 saturated carbocycles. The second kappa shape index (κ2) is 5.25. The van der Waals surface area contributed by atoms with E-state index in [0.717, 1.165) is 5.56 Å². The number of hydrogen-bond donors (Lipinski definition) is 2. The van der Waals surface area contributed by atoms with Crippen molar-refractivity contribution in [2.75, 3.05) is 0 Å². The predicted molar refractivity (Wildman–Crippen MR) is 58.2 cm³/mol. The molecular formula is C11H14N2O3. The molecule has 1 unspecified atom stereocenters. The van der Waals surface area contributed by atoms with E-state index in [1.807, 2.05) is 6.92 Å². The Morgan fingerprint density at radius 3 is 2.81 bits per heavy atom. The third kappa shape index (κ3) is 2.79. The van der Waals surface area contributed by atoms with Gasteiger partial charge in [0.05, 0.1) is 0 Å². The van der Waals surface area contributed by atoms with Gasteiger partial charge in [-0.05, 0) is 25.0 Å². The number of nitrogens with zero attached hydrogens (tertiary/aromatic N) is 1. The topological polar surface area (TPSA) is 79.3 Å². The second-order valence-corrected chi connectivity index (χ2v) is 3.40. The predicted octanol–water partition coefficient (Wildman–Crippen LogP) is 0.847. The number of nitrogens with one attached hydrogen (secondary N) is 1. The van der Waals surface area contributed by atoms with Crippen LogP contribution in [0.2, 0.25) is 0 Å². The lowest BCUT2D eigenvalue weighted by atomic mass is 10.1. The summed E-state index contributed by atoms with van der Waals surface area (Å²) >= 11 is 0. The van der Waals surface area contributed by atoms with Crippen molar-refractivity contribution in [1.82, 2.24) is 10.3 Å². The number of carbonyl (C=O) groups excluding carboxylic acids is 1. The minimum atomic E-state index is -1.07. The quantitative estimate of drug-likeness (QED) is 0.791. The molecule has 0 fully saturated rings. The van der Waals surface area contributed by atoms with Crippen LogP contribution in [-0.4, -0.2) is 28.0 Å². The van der Waals surface area contributed by atoms with Crippen molar-refractivity contribution in [3.05, 3.63) is 29.6 Å². The maximum absolute atomic E-state index is 11.7. The van der Waals surface area contributed by atoms with Crippen LogP contribution in [0.3, 0.4) is 0 Å². The van der Waals surface area contributed by atoms with Crippen molar-refractivity contribution in [2.24, 2.45) is 0 Å². The third-order valence-electron chi connectivity index (χ3n) is 2.21. The standard InChI is InChI=1S/C11H14N2O3/c1-3-8-5-4-6-12-9(8)10(14)13-7(2)11(15)16/h4-7H,3H2,1-2H3,(H,13,14)(H,15,16). The van der Waals surface area contributed by atoms with Crippen molar-refractivity contribution in [3.8, 4) is 0 Å². The maximum atomic E-state index is 11.7. The van der Waals surface area contributed by atoms with E-state index in [1.54, 1.807) is 12.1 Å². The molecule has 0 bridgehead atoms. The molecule has 0 aliphatic carbocycles. The number of carbonyl (C=O) groups is 2. The van der Waals surface area contributed by atoms with Crippen molar-refractivity contribution in [2.45, 2.75) is 26.3 Å². The van der Waals surface area contributed by atoms with E-state index >= 15 is 0 Å². The molecule has 5 nitrogen and oxygen atoms in total. The highest BCUT2D eigenvalue weighted by atomic mass is 16.4. The number of hydrogen-bond acceptors (Lipinski definition) is 3. The zero-order valence-corrected chi connectivity index (χ0v) is 9.23. The van der Waals surface area contributed by atoms with Crippen LogP contribution < -0.4 is 5.32 Å². The fourth-order valence-corrected chi connectivity index (χ4v) is 1.26. The molecule has 1 rings (SSSR count). The number of aromatic nitrogens is 1. The zero-order chi connectivity index (χ0) is 12.1. The Kier molecular flexibility index (Phi) is 3.99. The summed E-state index contributed by atoms with van der Waals surface area (Å²) in [7, 11) is 0. The van der Waals surface area contributed by atoms with Gasteiger partial charge in [0.1, 0.15) is 11.7 Å². The molecule has 5 heteroatoms. The summed E-state index contributed by atoms with van der Waals surface area (Å²) in [5.41, 5.74) is 1.09. The summed E-state index contributed by atoms with van der Waals surface area (Å²) in [5, 5.41) is 11.0. The molecule has 1 aromatic rings. The van der Waals surface area contributed by atoms with Crippen LogP contribution in [0.1, 0.15) is 29.9 Å². The molecule has 0 spiro atoms. The van der Waals surface area contributed by atoms with Gasteiger partial charge in [-0.25, -0.2) is 0 Å². The Morgan fingerprint density at radius 1 is 1.56 bits per heavy atom. The molecule has 86 valence electrons. The first kappa shape index (κ1) is 12.2. The minimum absolute atomic E-state index is 0.290. The van der Waals surface area contributed by atoms with E-state index in [0.29, 0.717) is 6.42 Å². The Labute approximate surface area is 93.5 Å². The smallest absolute Gasteiger partial charge is 0.325 e. The largest absolute Gasteiger partial charge is 0.480 e. The van der Waals surface area contributed by atoms with Gasteiger partial charge < -0.3 is 10.4 Å². The molecule has 1 aromatic heterocycles. The highest BCUT2D eigenvalue weighted by molar-refractivity contribution is 5.96. The molecule has 16 heavy (non-hydrogen) atoms. The molecular weight excluding hydrogens is 208 g/mol. The van der Waals surface area contributed by atoms with E-state index in [2.05, 4.69) is 10.3 Å². The molecule has 1 heterocycles. The van der Waals surface area contributed by atoms with E-state index in [1.165, 1.54) is 13.1 Å². The molecule has 2 N–H and O–H groups in total. The van der Waals surface area contributed by atoms with Crippen molar-refractivity contribution in [1.29, 1.82) is 0 Å². The van der Waals surface area contributed by atoms with Gasteiger partial charge in [-0.2, -0.15) is 0 Å². The molecule has 1 atom stereocenters. The van der Waals surface area contributed by atoms with Crippen LogP contribution in [0.5, 0.6) is 0 Å². The van der Waals surface area contributed by atoms with Crippen LogP contribution in [0.15, 0.2) is 18.3 Å². The van der Waals surface area contributed by atoms with Gasteiger partial charge in [0.25, 0.3) is 5.91 Å². The van der Waals surface area contributed by atoms with Gasteiger partial charge >= 0.3 is 5.97 Å². The number of rotatable bonds is 4. The van der Waals surface area contributed by atoms with Gasteiger partial charge in [0.15, 0.2) is 0 Å². The summed E-state index contributed by atoms with van der Waals surface area (Å²) < 4.78 is 0. The summed E-state index contributed by atoms with van der Waals surface area (Å²) in [5.74, 6) is -1.52. The number of carboxylic acid groups (broad SMARTS) is 1. The Bertz CT molecular complexity index is 404. The van der Waals surface area contributed by atoms with E-state index in [4.69, 9.17) is 5.11 Å². The maximum Gasteiger partial charge on any atom is 0.325 e. The monoisotopic (exact) mass is 222 g/mol. The highest BCUT2D eigenvalue weighted by Crippen LogP contribution is 2.06. The number of pyridine rings is 1. The summed E-state index contributed by atoms with van der Waals surface area (Å²) in [6, 6.07) is 2.63. The number of aryl methyl sites for hydroxylation is 1. The molecule has 0 aliphatic heterocycles. The first-order chi connectivity index (χ1) is 7.56. The fourth-order valence-electron chi connectivity index (χ4n) is 1.26. The lowest BCUT2D eigenvalue weighted by Gasteiger charge is -2.10. The van der Waals surface area contributed by atoms with Crippen LogP contribution in [0, 0.1) is 0 Å². The third-order valence-corrected chi connectivity index (χ3v) is 2.21. The molecule has 1 amide bonds. The van der Waals surface area contributed by atoms with Gasteiger partial charge in [0, 0.05) is 6.20 Å². The molecule has 0 saturated heterocycles. The van der Waals surface area contributed by atoms with Gasteiger partial charge in [0.2, 0.25) is 0 Å². The number of aliphatic carboxylic acids is 1. The van der Waals surface area contributed by atoms with Crippen LogP contribution in [-0.2, 0) is 11.2 Å². The Balaban J connectivity index is 2.84. The lowest BCUT2D eigenvalue weighted by Crippen LogP contribution is -2.39. The zero-order valence-electron chi connectivity index (χ0n) is 9.23. The van der Waals surface area contributed by atoms with Crippen LogP contribution in [0.4, 0.5) is 0 Å². The minimum Gasteiger partial charge on any atom is -0.480 e. The summed E-state index contributed by atoms with van der Waals surface area (Å²) in [6.07, 6.45) is 2.19. The van der Waals surface area contributed by atoms with Gasteiger partial charge in [-0.1, -0.05) is 13.0 Å². The SMILES string of the molecule is CCc1cccnc1C(=O)NC(C)C(=O)O. The average Bonchev–Trinajstić information content (AvgIpc) is 2.28. The highest BCUT2D eigenvalue weighted by Gasteiger charge is 2.17. The average molecular weight is 222 g/mol. The second-order valence-electron chi connectivity index (χ2n) is 3.40. The van der Waals surface area contributed by atoms with E-state index in [-0.39, 0.29) is 5.69 Å². The lowest BCUT2D eigenvalue weighted by molar-refractivity contribution is -0.138. The molecule has 0 aromatic carbocycles. The van der Waals surface area contributed by atoms with Gasteiger partial charge in [-0.15, -0.1) is 0 Å². The first-order valence-corrected chi connectivity index (χ1v) is 5.03. The number of amides is 1. The molecule has 0 radical (unpaired) electrons. The Hall–Kier alpha value is -1.91. The van der Waals surface area contributed by atoms with Crippen molar-refractivity contribution in [3.63, 3.8) is 0 Å². The van der Waals surface area contributed by atoms with Crippen molar-refractivity contribution < 1.29 is 14.7 Å².